The summed E-state index contributed by atoms with van der Waals surface area (Å²) in [5, 5.41) is 18.1. The summed E-state index contributed by atoms with van der Waals surface area (Å²) in [6.07, 6.45) is 0.267. The number of aliphatic hydroxyl groups excluding tert-OH is 1. The highest BCUT2D eigenvalue weighted by Crippen LogP contribution is 2.25. The topological polar surface area (TPSA) is 57.5 Å². The maximum atomic E-state index is 11.0. The number of carboxylic acid groups (broad SMARTS) is 1. The van der Waals surface area contributed by atoms with Crippen LogP contribution in [0.2, 0.25) is 5.02 Å². The summed E-state index contributed by atoms with van der Waals surface area (Å²) in [6.45, 7) is -0.112. The summed E-state index contributed by atoms with van der Waals surface area (Å²) in [5.74, 6) is -0.269. The van der Waals surface area contributed by atoms with Crippen molar-refractivity contribution in [2.75, 3.05) is 6.61 Å². The van der Waals surface area contributed by atoms with Crippen LogP contribution in [0, 0.1) is 0 Å². The van der Waals surface area contributed by atoms with Gasteiger partial charge in [-0.1, -0.05) is 48.0 Å². The normalized spacial score (nSPS) is 12.1. The maximum absolute atomic E-state index is 11.0. The number of benzene rings is 2. The van der Waals surface area contributed by atoms with E-state index in [4.69, 9.17) is 21.8 Å². The Labute approximate surface area is 138 Å². The molecule has 2 aromatic rings. The average Bonchev–Trinajstić information content (AvgIpc) is 2.52. The van der Waals surface area contributed by atoms with Crippen LogP contribution in [0.1, 0.15) is 12.0 Å². The van der Waals surface area contributed by atoms with Crippen LogP contribution < -0.4 is 0 Å². The molecule has 2 rings (SSSR count). The van der Waals surface area contributed by atoms with E-state index in [1.165, 1.54) is 11.8 Å². The Morgan fingerprint density at radius 3 is 2.09 bits per heavy atom. The van der Waals surface area contributed by atoms with E-state index < -0.39 is 11.2 Å². The molecule has 0 fully saturated rings. The van der Waals surface area contributed by atoms with Crippen molar-refractivity contribution in [3.05, 3.63) is 59.1 Å². The second kappa shape index (κ2) is 8.22. The quantitative estimate of drug-likeness (QED) is 0.800. The highest BCUT2D eigenvalue weighted by molar-refractivity contribution is 7.99. The van der Waals surface area contributed by atoms with E-state index in [-0.39, 0.29) is 13.0 Å². The summed E-state index contributed by atoms with van der Waals surface area (Å²) in [5.41, 5.74) is 3.25. The van der Waals surface area contributed by atoms with Crippen LogP contribution in [0.3, 0.4) is 0 Å². The summed E-state index contributed by atoms with van der Waals surface area (Å²) in [7, 11) is 0. The lowest BCUT2D eigenvalue weighted by atomic mass is 10.0. The molecule has 0 amide bonds. The first-order chi connectivity index (χ1) is 10.6. The molecule has 0 saturated heterocycles. The molecule has 2 N–H and O–H groups in total. The molecule has 0 aliphatic carbocycles. The van der Waals surface area contributed by atoms with Gasteiger partial charge in [-0.25, -0.2) is 0 Å². The van der Waals surface area contributed by atoms with Gasteiger partial charge in [-0.15, -0.1) is 11.8 Å². The van der Waals surface area contributed by atoms with E-state index in [9.17, 15) is 4.79 Å². The number of aliphatic carboxylic acids is 1. The van der Waals surface area contributed by atoms with Gasteiger partial charge >= 0.3 is 5.97 Å². The fraction of sp³-hybridized carbons (Fsp3) is 0.235. The smallest absolute Gasteiger partial charge is 0.316 e. The van der Waals surface area contributed by atoms with Gasteiger partial charge in [0, 0.05) is 17.4 Å². The van der Waals surface area contributed by atoms with Crippen molar-refractivity contribution in [2.24, 2.45) is 0 Å². The first kappa shape index (κ1) is 16.9. The van der Waals surface area contributed by atoms with Gasteiger partial charge in [0.15, 0.2) is 0 Å². The lowest BCUT2D eigenvalue weighted by Crippen LogP contribution is -2.17. The van der Waals surface area contributed by atoms with Crippen LogP contribution in [0.4, 0.5) is 0 Å². The van der Waals surface area contributed by atoms with E-state index >= 15 is 0 Å². The molecular weight excluding hydrogens is 320 g/mol. The highest BCUT2D eigenvalue weighted by Gasteiger charge is 2.17. The first-order valence-corrected chi connectivity index (χ1v) is 8.33. The Kier molecular flexibility index (Phi) is 6.31. The van der Waals surface area contributed by atoms with Gasteiger partial charge in [0.05, 0.1) is 0 Å². The van der Waals surface area contributed by atoms with Crippen LogP contribution in [0.15, 0.2) is 48.5 Å². The van der Waals surface area contributed by atoms with Crippen LogP contribution >= 0.6 is 23.4 Å². The molecule has 0 bridgehead atoms. The molecular formula is C17H17ClO3S. The molecule has 0 heterocycles. The minimum absolute atomic E-state index is 0.112. The van der Waals surface area contributed by atoms with Gasteiger partial charge in [-0.3, -0.25) is 4.79 Å². The van der Waals surface area contributed by atoms with Crippen molar-refractivity contribution in [3.63, 3.8) is 0 Å². The molecule has 22 heavy (non-hydrogen) atoms. The van der Waals surface area contributed by atoms with Gasteiger partial charge in [-0.05, 0) is 35.2 Å². The molecule has 0 aliphatic rings. The van der Waals surface area contributed by atoms with Crippen molar-refractivity contribution in [3.8, 4) is 11.1 Å². The number of hydrogen-bond donors (Lipinski definition) is 2. The van der Waals surface area contributed by atoms with E-state index in [2.05, 4.69) is 0 Å². The Hall–Kier alpha value is -1.49. The summed E-state index contributed by atoms with van der Waals surface area (Å²) in [4.78, 5) is 11.0. The molecule has 0 spiro atoms. The zero-order valence-electron chi connectivity index (χ0n) is 11.9. The lowest BCUT2D eigenvalue weighted by Gasteiger charge is -2.10. The molecule has 0 saturated carbocycles. The van der Waals surface area contributed by atoms with E-state index in [0.29, 0.717) is 10.8 Å². The third-order valence-electron chi connectivity index (χ3n) is 3.25. The van der Waals surface area contributed by atoms with Gasteiger partial charge in [-0.2, -0.15) is 0 Å². The molecule has 0 aromatic heterocycles. The Bertz CT molecular complexity index is 611. The van der Waals surface area contributed by atoms with Gasteiger partial charge in [0.1, 0.15) is 5.25 Å². The van der Waals surface area contributed by atoms with E-state index in [1.54, 1.807) is 0 Å². The lowest BCUT2D eigenvalue weighted by molar-refractivity contribution is -0.136. The molecule has 0 aliphatic heterocycles. The first-order valence-electron chi connectivity index (χ1n) is 6.90. The third kappa shape index (κ3) is 4.77. The van der Waals surface area contributed by atoms with Crippen LogP contribution in [-0.4, -0.2) is 28.0 Å². The van der Waals surface area contributed by atoms with Crippen molar-refractivity contribution < 1.29 is 15.0 Å². The van der Waals surface area contributed by atoms with Gasteiger partial charge in [0.2, 0.25) is 0 Å². The standard InChI is InChI=1S/C17H17ClO3S/c18-15-7-5-14(6-8-15)13-3-1-12(2-4-13)11-22-16(9-10-19)17(20)21/h1-8,16,19H,9-11H2,(H,20,21)/t16-/m1/s1. The zero-order valence-corrected chi connectivity index (χ0v) is 13.5. The number of carbonyl (C=O) groups is 1. The third-order valence-corrected chi connectivity index (χ3v) is 4.84. The highest BCUT2D eigenvalue weighted by atomic mass is 35.5. The van der Waals surface area contributed by atoms with Crippen LogP contribution in [-0.2, 0) is 10.5 Å². The number of carboxylic acids is 1. The monoisotopic (exact) mass is 336 g/mol. The second-order valence-corrected chi connectivity index (χ2v) is 6.48. The molecule has 116 valence electrons. The van der Waals surface area contributed by atoms with E-state index in [0.717, 1.165) is 16.7 Å². The summed E-state index contributed by atoms with van der Waals surface area (Å²) >= 11 is 7.21. The number of thioether (sulfide) groups is 1. The average molecular weight is 337 g/mol. The fourth-order valence-electron chi connectivity index (χ4n) is 2.03. The van der Waals surface area contributed by atoms with Gasteiger partial charge in [0.25, 0.3) is 0 Å². The predicted octanol–water partition coefficient (Wildman–Crippen LogP) is 4.08. The van der Waals surface area contributed by atoms with Crippen molar-refractivity contribution in [2.45, 2.75) is 17.4 Å². The Morgan fingerprint density at radius 1 is 1.05 bits per heavy atom. The maximum Gasteiger partial charge on any atom is 0.316 e. The Morgan fingerprint density at radius 2 is 1.59 bits per heavy atom. The number of aliphatic hydroxyl groups is 1. The molecule has 2 aromatic carbocycles. The zero-order chi connectivity index (χ0) is 15.9. The SMILES string of the molecule is O=C(O)[C@@H](CCO)SCc1ccc(-c2ccc(Cl)cc2)cc1. The minimum atomic E-state index is -0.878. The van der Waals surface area contributed by atoms with Crippen molar-refractivity contribution in [1.82, 2.24) is 0 Å². The molecule has 3 nitrogen and oxygen atoms in total. The number of hydrogen-bond acceptors (Lipinski definition) is 3. The number of halogens is 1. The van der Waals surface area contributed by atoms with E-state index in [1.807, 2.05) is 48.5 Å². The largest absolute Gasteiger partial charge is 0.480 e. The minimum Gasteiger partial charge on any atom is -0.480 e. The second-order valence-electron chi connectivity index (χ2n) is 4.85. The Balaban J connectivity index is 1.99. The van der Waals surface area contributed by atoms with Crippen molar-refractivity contribution >= 4 is 29.3 Å². The summed E-state index contributed by atoms with van der Waals surface area (Å²) in [6, 6.07) is 15.7. The van der Waals surface area contributed by atoms with Crippen molar-refractivity contribution in [1.29, 1.82) is 0 Å². The molecule has 1 atom stereocenters. The van der Waals surface area contributed by atoms with Crippen LogP contribution in [0.25, 0.3) is 11.1 Å². The van der Waals surface area contributed by atoms with Crippen LogP contribution in [0.5, 0.6) is 0 Å². The van der Waals surface area contributed by atoms with Gasteiger partial charge < -0.3 is 10.2 Å². The number of rotatable bonds is 7. The predicted molar refractivity (Wildman–Crippen MR) is 91.3 cm³/mol. The molecule has 0 radical (unpaired) electrons. The molecule has 5 heteroatoms. The fourth-order valence-corrected chi connectivity index (χ4v) is 3.15. The summed E-state index contributed by atoms with van der Waals surface area (Å²) < 4.78 is 0. The molecule has 0 unspecified atom stereocenters.